The third kappa shape index (κ3) is 3.46. The van der Waals surface area contributed by atoms with Gasteiger partial charge in [-0.25, -0.2) is 16.8 Å². The monoisotopic (exact) mass is 423 g/mol. The van der Waals surface area contributed by atoms with Crippen LogP contribution in [0.4, 0.5) is 10.1 Å². The highest BCUT2D eigenvalue weighted by molar-refractivity contribution is 7.90. The molecular formula is C21H14FN3O4S. The van der Waals surface area contributed by atoms with E-state index in [0.717, 1.165) is 22.3 Å². The van der Waals surface area contributed by atoms with Gasteiger partial charge in [0.25, 0.3) is 21.7 Å². The topological polar surface area (TPSA) is 98.1 Å². The average Bonchev–Trinajstić information content (AvgIpc) is 3.14. The third-order valence-corrected chi connectivity index (χ3v) is 6.09. The Labute approximate surface area is 170 Å². The number of nitrogens with one attached hydrogen (secondary N) is 1. The van der Waals surface area contributed by atoms with Gasteiger partial charge in [-0.15, -0.1) is 0 Å². The van der Waals surface area contributed by atoms with Crippen LogP contribution in [0.15, 0.2) is 84.1 Å². The number of benzene rings is 2. The fourth-order valence-corrected chi connectivity index (χ4v) is 4.42. The Morgan fingerprint density at radius 1 is 0.967 bits per heavy atom. The number of pyridine rings is 1. The largest absolute Gasteiger partial charge is 0.319 e. The summed E-state index contributed by atoms with van der Waals surface area (Å²) >= 11 is 0. The van der Waals surface area contributed by atoms with E-state index in [4.69, 9.17) is 0 Å². The van der Waals surface area contributed by atoms with Gasteiger partial charge in [0.05, 0.1) is 16.0 Å². The summed E-state index contributed by atoms with van der Waals surface area (Å²) in [6.07, 6.45) is 3.99. The van der Waals surface area contributed by atoms with Crippen molar-refractivity contribution in [3.63, 3.8) is 0 Å². The fourth-order valence-electron chi connectivity index (χ4n) is 3.02. The minimum atomic E-state index is -4.20. The Morgan fingerprint density at radius 2 is 1.70 bits per heavy atom. The maximum absolute atomic E-state index is 13.6. The van der Waals surface area contributed by atoms with Gasteiger partial charge in [-0.2, -0.15) is 0 Å². The van der Waals surface area contributed by atoms with Crippen molar-refractivity contribution >= 4 is 38.3 Å². The first kappa shape index (κ1) is 19.5. The van der Waals surface area contributed by atoms with E-state index >= 15 is 0 Å². The molecule has 0 radical (unpaired) electrons. The Morgan fingerprint density at radius 3 is 2.43 bits per heavy atom. The molecule has 0 fully saturated rings. The van der Waals surface area contributed by atoms with Crippen molar-refractivity contribution in [2.24, 2.45) is 0 Å². The van der Waals surface area contributed by atoms with Crippen molar-refractivity contribution in [1.29, 1.82) is 0 Å². The molecule has 0 saturated carbocycles. The molecule has 0 aliphatic heterocycles. The molecule has 0 unspecified atom stereocenters. The lowest BCUT2D eigenvalue weighted by atomic mass is 10.1. The van der Waals surface area contributed by atoms with Gasteiger partial charge in [-0.05, 0) is 36.4 Å². The smallest absolute Gasteiger partial charge is 0.296 e. The first-order chi connectivity index (χ1) is 14.4. The maximum Gasteiger partial charge on any atom is 0.296 e. The molecular weight excluding hydrogens is 409 g/mol. The molecule has 1 N–H and O–H groups in total. The predicted molar refractivity (Wildman–Crippen MR) is 108 cm³/mol. The van der Waals surface area contributed by atoms with E-state index in [-0.39, 0.29) is 21.4 Å². The van der Waals surface area contributed by atoms with Crippen molar-refractivity contribution in [3.8, 4) is 0 Å². The number of hydrogen-bond donors (Lipinski definition) is 1. The van der Waals surface area contributed by atoms with E-state index < -0.39 is 27.5 Å². The summed E-state index contributed by atoms with van der Waals surface area (Å²) < 4.78 is 40.6. The Bertz CT molecular complexity index is 1380. The molecule has 7 nitrogen and oxygen atoms in total. The van der Waals surface area contributed by atoms with E-state index in [2.05, 4.69) is 10.3 Å². The van der Waals surface area contributed by atoms with Gasteiger partial charge in [-0.1, -0.05) is 24.3 Å². The van der Waals surface area contributed by atoms with Crippen LogP contribution in [0.1, 0.15) is 10.4 Å². The van der Waals surface area contributed by atoms with Crippen LogP contribution in [0.3, 0.4) is 0 Å². The molecule has 0 aliphatic carbocycles. The van der Waals surface area contributed by atoms with Gasteiger partial charge in [0, 0.05) is 29.7 Å². The Hall–Kier alpha value is -3.85. The van der Waals surface area contributed by atoms with Gasteiger partial charge >= 0.3 is 0 Å². The van der Waals surface area contributed by atoms with Crippen molar-refractivity contribution in [2.75, 3.05) is 5.32 Å². The minimum absolute atomic E-state index is 0.0860. The number of carbonyl (C=O) groups is 2. The second-order valence-electron chi connectivity index (χ2n) is 6.34. The average molecular weight is 423 g/mol. The number of aromatic nitrogens is 2. The molecule has 2 aromatic heterocycles. The lowest BCUT2D eigenvalue weighted by Crippen LogP contribution is -2.22. The molecule has 9 heteroatoms. The maximum atomic E-state index is 13.6. The molecule has 2 aromatic carbocycles. The summed E-state index contributed by atoms with van der Waals surface area (Å²) in [4.78, 5) is 28.8. The Kier molecular flexibility index (Phi) is 4.88. The molecule has 4 rings (SSSR count). The van der Waals surface area contributed by atoms with E-state index in [1.165, 1.54) is 42.7 Å². The lowest BCUT2D eigenvalue weighted by molar-refractivity contribution is -0.112. The summed E-state index contributed by atoms with van der Waals surface area (Å²) in [7, 11) is -4.20. The summed E-state index contributed by atoms with van der Waals surface area (Å²) in [5.74, 6) is -2.54. The van der Waals surface area contributed by atoms with Crippen LogP contribution in [0.2, 0.25) is 0 Å². The molecule has 0 saturated heterocycles. The number of hydrogen-bond acceptors (Lipinski definition) is 5. The van der Waals surface area contributed by atoms with Crippen LogP contribution >= 0.6 is 0 Å². The molecule has 2 heterocycles. The van der Waals surface area contributed by atoms with E-state index in [1.54, 1.807) is 18.2 Å². The van der Waals surface area contributed by atoms with Gasteiger partial charge < -0.3 is 5.32 Å². The number of nitrogens with zero attached hydrogens (tertiary/aromatic N) is 2. The highest BCUT2D eigenvalue weighted by Crippen LogP contribution is 2.27. The SMILES string of the molecule is O=C(Nc1ccncc1)C(=O)c1cn(S(=O)(=O)c2cccc(F)c2)c2ccccc12. The fraction of sp³-hybridized carbons (Fsp3) is 0. The number of halogens is 1. The summed E-state index contributed by atoms with van der Waals surface area (Å²) in [6, 6.07) is 13.9. The predicted octanol–water partition coefficient (Wildman–Crippen LogP) is 3.23. The Balaban J connectivity index is 1.80. The van der Waals surface area contributed by atoms with Crippen molar-refractivity contribution in [2.45, 2.75) is 4.90 Å². The number of amides is 1. The highest BCUT2D eigenvalue weighted by atomic mass is 32.2. The molecule has 0 atom stereocenters. The van der Waals surface area contributed by atoms with Crippen LogP contribution in [0.5, 0.6) is 0 Å². The molecule has 1 amide bonds. The lowest BCUT2D eigenvalue weighted by Gasteiger charge is -2.07. The molecule has 4 aromatic rings. The first-order valence-electron chi connectivity index (χ1n) is 8.75. The molecule has 0 aliphatic rings. The molecule has 0 bridgehead atoms. The van der Waals surface area contributed by atoms with Gasteiger partial charge in [0.1, 0.15) is 5.82 Å². The van der Waals surface area contributed by atoms with Crippen LogP contribution in [0.25, 0.3) is 10.9 Å². The second-order valence-corrected chi connectivity index (χ2v) is 8.15. The summed E-state index contributed by atoms with van der Waals surface area (Å²) in [6.45, 7) is 0. The van der Waals surface area contributed by atoms with Gasteiger partial charge in [-0.3, -0.25) is 14.6 Å². The standard InChI is InChI=1S/C21H14FN3O4S/c22-14-4-3-5-16(12-14)30(28,29)25-13-18(17-6-1-2-7-19(17)25)20(26)21(27)24-15-8-10-23-11-9-15/h1-13H,(H,23,24,27). The van der Waals surface area contributed by atoms with Gasteiger partial charge in [0.15, 0.2) is 0 Å². The number of anilines is 1. The molecule has 30 heavy (non-hydrogen) atoms. The van der Waals surface area contributed by atoms with Crippen molar-refractivity contribution in [1.82, 2.24) is 8.96 Å². The normalized spacial score (nSPS) is 11.4. The van der Waals surface area contributed by atoms with Gasteiger partial charge in [0.2, 0.25) is 0 Å². The molecule has 0 spiro atoms. The second kappa shape index (κ2) is 7.53. The zero-order valence-corrected chi connectivity index (χ0v) is 16.1. The highest BCUT2D eigenvalue weighted by Gasteiger charge is 2.26. The van der Waals surface area contributed by atoms with Crippen molar-refractivity contribution in [3.05, 3.63) is 90.6 Å². The number of para-hydroxylation sites is 1. The number of Topliss-reactive ketones (excluding diaryl/α,β-unsaturated/α-hetero) is 1. The minimum Gasteiger partial charge on any atom is -0.319 e. The van der Waals surface area contributed by atoms with Crippen LogP contribution in [-0.2, 0) is 14.8 Å². The van der Waals surface area contributed by atoms with E-state index in [1.807, 2.05) is 0 Å². The number of ketones is 1. The molecule has 150 valence electrons. The van der Waals surface area contributed by atoms with Crippen LogP contribution in [0, 0.1) is 5.82 Å². The first-order valence-corrected chi connectivity index (χ1v) is 10.2. The van der Waals surface area contributed by atoms with E-state index in [9.17, 15) is 22.4 Å². The summed E-state index contributed by atoms with van der Waals surface area (Å²) in [5, 5.41) is 2.74. The van der Waals surface area contributed by atoms with Crippen LogP contribution in [-0.4, -0.2) is 29.1 Å². The zero-order chi connectivity index (χ0) is 21.3. The zero-order valence-electron chi connectivity index (χ0n) is 15.3. The third-order valence-electron chi connectivity index (χ3n) is 4.42. The quantitative estimate of drug-likeness (QED) is 0.393. The van der Waals surface area contributed by atoms with Crippen LogP contribution < -0.4 is 5.32 Å². The number of fused-ring (bicyclic) bond motifs is 1. The summed E-state index contributed by atoms with van der Waals surface area (Å²) in [5.41, 5.74) is 0.485. The van der Waals surface area contributed by atoms with E-state index in [0.29, 0.717) is 5.69 Å². The number of carbonyl (C=O) groups excluding carboxylic acids is 2. The van der Waals surface area contributed by atoms with Crippen molar-refractivity contribution < 1.29 is 22.4 Å². The number of rotatable bonds is 5.